The lowest BCUT2D eigenvalue weighted by molar-refractivity contribution is -0.0498. The van der Waals surface area contributed by atoms with E-state index < -0.39 is 6.61 Å². The lowest BCUT2D eigenvalue weighted by Crippen LogP contribution is -2.13. The SMILES string of the molecule is Cc1ccc(OC(C)CCc2ccc(OC(F)F)cc2)c(C#N)c1. The van der Waals surface area contributed by atoms with E-state index in [1.807, 2.05) is 19.9 Å². The van der Waals surface area contributed by atoms with E-state index in [9.17, 15) is 8.78 Å². The zero-order valence-corrected chi connectivity index (χ0v) is 13.6. The number of aryl methyl sites for hydroxylation is 2. The van der Waals surface area contributed by atoms with Gasteiger partial charge in [-0.1, -0.05) is 18.2 Å². The summed E-state index contributed by atoms with van der Waals surface area (Å²) < 4.78 is 34.4. The summed E-state index contributed by atoms with van der Waals surface area (Å²) >= 11 is 0. The van der Waals surface area contributed by atoms with Crippen LogP contribution in [0.2, 0.25) is 0 Å². The van der Waals surface area contributed by atoms with Crippen molar-refractivity contribution in [2.24, 2.45) is 0 Å². The minimum Gasteiger partial charge on any atom is -0.489 e. The molecule has 0 aliphatic carbocycles. The Bertz CT molecular complexity index is 708. The number of benzene rings is 2. The molecule has 3 nitrogen and oxygen atoms in total. The maximum absolute atomic E-state index is 12.1. The molecule has 0 aliphatic rings. The van der Waals surface area contributed by atoms with Gasteiger partial charge in [-0.05, 0) is 62.1 Å². The Morgan fingerprint density at radius 3 is 2.42 bits per heavy atom. The van der Waals surface area contributed by atoms with E-state index >= 15 is 0 Å². The van der Waals surface area contributed by atoms with Crippen LogP contribution in [0.25, 0.3) is 0 Å². The molecule has 0 saturated carbocycles. The van der Waals surface area contributed by atoms with Crippen molar-refractivity contribution in [1.29, 1.82) is 5.26 Å². The summed E-state index contributed by atoms with van der Waals surface area (Å²) in [5.74, 6) is 0.729. The summed E-state index contributed by atoms with van der Waals surface area (Å²) in [6, 6.07) is 14.2. The molecule has 1 atom stereocenters. The molecule has 0 bridgehead atoms. The molecular weight excluding hydrogens is 312 g/mol. The molecule has 2 rings (SSSR count). The molecule has 24 heavy (non-hydrogen) atoms. The largest absolute Gasteiger partial charge is 0.489 e. The van der Waals surface area contributed by atoms with Crippen LogP contribution < -0.4 is 9.47 Å². The number of alkyl halides is 2. The second kappa shape index (κ2) is 8.30. The van der Waals surface area contributed by atoms with Gasteiger partial charge in [-0.2, -0.15) is 14.0 Å². The third-order valence-corrected chi connectivity index (χ3v) is 3.57. The minimum atomic E-state index is -2.81. The van der Waals surface area contributed by atoms with Crippen molar-refractivity contribution in [3.05, 3.63) is 59.2 Å². The molecule has 0 radical (unpaired) electrons. The van der Waals surface area contributed by atoms with Crippen LogP contribution in [0.5, 0.6) is 11.5 Å². The molecule has 5 heteroatoms. The van der Waals surface area contributed by atoms with Gasteiger partial charge < -0.3 is 9.47 Å². The predicted octanol–water partition coefficient (Wildman–Crippen LogP) is 4.87. The molecule has 0 aliphatic heterocycles. The average molecular weight is 331 g/mol. The van der Waals surface area contributed by atoms with Crippen LogP contribution in [0.1, 0.15) is 30.0 Å². The predicted molar refractivity (Wildman–Crippen MR) is 87.4 cm³/mol. The second-order valence-corrected chi connectivity index (χ2v) is 5.60. The molecule has 0 fully saturated rings. The number of halogens is 2. The zero-order chi connectivity index (χ0) is 17.5. The molecule has 2 aromatic rings. The summed E-state index contributed by atoms with van der Waals surface area (Å²) in [5, 5.41) is 9.16. The summed E-state index contributed by atoms with van der Waals surface area (Å²) in [6.45, 7) is 1.05. The Labute approximate surface area is 140 Å². The lowest BCUT2D eigenvalue weighted by atomic mass is 10.1. The van der Waals surface area contributed by atoms with Crippen molar-refractivity contribution in [3.8, 4) is 17.6 Å². The summed E-state index contributed by atoms with van der Waals surface area (Å²) in [6.07, 6.45) is 1.41. The van der Waals surface area contributed by atoms with Gasteiger partial charge in [0.2, 0.25) is 0 Å². The van der Waals surface area contributed by atoms with Crippen molar-refractivity contribution >= 4 is 0 Å². The van der Waals surface area contributed by atoms with Crippen LogP contribution >= 0.6 is 0 Å². The fourth-order valence-electron chi connectivity index (χ4n) is 2.32. The molecule has 0 heterocycles. The van der Waals surface area contributed by atoms with Crippen molar-refractivity contribution < 1.29 is 18.3 Å². The van der Waals surface area contributed by atoms with Crippen LogP contribution in [0.3, 0.4) is 0 Å². The fraction of sp³-hybridized carbons (Fsp3) is 0.316. The third kappa shape index (κ3) is 5.24. The molecule has 0 N–H and O–H groups in total. The molecule has 0 aromatic heterocycles. The highest BCUT2D eigenvalue weighted by atomic mass is 19.3. The van der Waals surface area contributed by atoms with Gasteiger partial charge in [0.05, 0.1) is 11.7 Å². The average Bonchev–Trinajstić information content (AvgIpc) is 2.55. The lowest BCUT2D eigenvalue weighted by Gasteiger charge is -2.16. The van der Waals surface area contributed by atoms with Crippen molar-refractivity contribution in [1.82, 2.24) is 0 Å². The molecule has 1 unspecified atom stereocenters. The molecule has 0 spiro atoms. The summed E-state index contributed by atoms with van der Waals surface area (Å²) in [5.41, 5.74) is 2.55. The topological polar surface area (TPSA) is 42.2 Å². The van der Waals surface area contributed by atoms with Gasteiger partial charge in [0, 0.05) is 0 Å². The number of hydrogen-bond donors (Lipinski definition) is 0. The van der Waals surface area contributed by atoms with Gasteiger partial charge in [0.25, 0.3) is 0 Å². The molecular formula is C19H19F2NO2. The van der Waals surface area contributed by atoms with Crippen LogP contribution in [-0.2, 0) is 6.42 Å². The standard InChI is InChI=1S/C19H19F2NO2/c1-13-3-10-18(16(11-13)12-22)23-14(2)4-5-15-6-8-17(9-7-15)24-19(20)21/h3,6-11,14,19H,4-5H2,1-2H3. The van der Waals surface area contributed by atoms with Crippen molar-refractivity contribution in [3.63, 3.8) is 0 Å². The number of rotatable bonds is 7. The first kappa shape index (κ1) is 17.7. The minimum absolute atomic E-state index is 0.0724. The Morgan fingerprint density at radius 1 is 1.08 bits per heavy atom. The normalized spacial score (nSPS) is 11.8. The molecule has 126 valence electrons. The first-order chi connectivity index (χ1) is 11.5. The van der Waals surface area contributed by atoms with Gasteiger partial charge >= 0.3 is 6.61 Å². The second-order valence-electron chi connectivity index (χ2n) is 5.60. The Balaban J connectivity index is 1.89. The highest BCUT2D eigenvalue weighted by Crippen LogP contribution is 2.22. The molecule has 0 saturated heterocycles. The van der Waals surface area contributed by atoms with Crippen molar-refractivity contribution in [2.45, 2.75) is 39.4 Å². The van der Waals surface area contributed by atoms with Gasteiger partial charge in [-0.25, -0.2) is 0 Å². The summed E-state index contributed by atoms with van der Waals surface area (Å²) in [4.78, 5) is 0. The monoisotopic (exact) mass is 331 g/mol. The van der Waals surface area contributed by atoms with Crippen LogP contribution in [0.4, 0.5) is 8.78 Å². The molecule has 0 amide bonds. The number of ether oxygens (including phenoxy) is 2. The molecule has 2 aromatic carbocycles. The number of hydrogen-bond acceptors (Lipinski definition) is 3. The van der Waals surface area contributed by atoms with E-state index in [4.69, 9.17) is 10.00 Å². The van der Waals surface area contributed by atoms with Crippen LogP contribution in [0, 0.1) is 18.3 Å². The van der Waals surface area contributed by atoms with Gasteiger partial charge in [-0.15, -0.1) is 0 Å². The highest BCUT2D eigenvalue weighted by Gasteiger charge is 2.09. The van der Waals surface area contributed by atoms with Crippen molar-refractivity contribution in [2.75, 3.05) is 0 Å². The van der Waals surface area contributed by atoms with E-state index in [2.05, 4.69) is 10.8 Å². The number of nitrogens with zero attached hydrogens (tertiary/aromatic N) is 1. The first-order valence-corrected chi connectivity index (χ1v) is 7.69. The maximum atomic E-state index is 12.1. The van der Waals surface area contributed by atoms with E-state index in [0.29, 0.717) is 11.3 Å². The summed E-state index contributed by atoms with van der Waals surface area (Å²) in [7, 11) is 0. The fourth-order valence-corrected chi connectivity index (χ4v) is 2.32. The van der Waals surface area contributed by atoms with E-state index in [1.54, 1.807) is 24.3 Å². The Kier molecular flexibility index (Phi) is 6.14. The first-order valence-electron chi connectivity index (χ1n) is 7.69. The van der Waals surface area contributed by atoms with E-state index in [0.717, 1.165) is 24.0 Å². The van der Waals surface area contributed by atoms with E-state index in [-0.39, 0.29) is 11.9 Å². The van der Waals surface area contributed by atoms with Gasteiger partial charge in [0.1, 0.15) is 17.6 Å². The quantitative estimate of drug-likeness (QED) is 0.727. The maximum Gasteiger partial charge on any atom is 0.387 e. The Hall–Kier alpha value is -2.61. The zero-order valence-electron chi connectivity index (χ0n) is 13.6. The van der Waals surface area contributed by atoms with E-state index in [1.165, 1.54) is 12.1 Å². The van der Waals surface area contributed by atoms with Crippen LogP contribution in [0.15, 0.2) is 42.5 Å². The highest BCUT2D eigenvalue weighted by molar-refractivity contribution is 5.45. The third-order valence-electron chi connectivity index (χ3n) is 3.57. The number of nitriles is 1. The van der Waals surface area contributed by atoms with Gasteiger partial charge in [0.15, 0.2) is 0 Å². The van der Waals surface area contributed by atoms with Crippen LogP contribution in [-0.4, -0.2) is 12.7 Å². The van der Waals surface area contributed by atoms with Gasteiger partial charge in [-0.3, -0.25) is 0 Å². The smallest absolute Gasteiger partial charge is 0.387 e. The Morgan fingerprint density at radius 2 is 1.79 bits per heavy atom.